The molecule has 0 N–H and O–H groups in total. The Kier molecular flexibility index (Phi) is 4.54. The van der Waals surface area contributed by atoms with Crippen LogP contribution in [0.2, 0.25) is 0 Å². The third-order valence-corrected chi connectivity index (χ3v) is 0.975. The minimum absolute atomic E-state index is 0.300. The molecule has 0 aliphatic heterocycles. The summed E-state index contributed by atoms with van der Waals surface area (Å²) in [5.74, 6) is 0.965. The Morgan fingerprint density at radius 3 is 2.40 bits per heavy atom. The van der Waals surface area contributed by atoms with Crippen LogP contribution in [0.25, 0.3) is 0 Å². The monoisotopic (exact) mass is 142 g/mol. The number of hydrogen-bond acceptors (Lipinski definition) is 3. The predicted octanol–water partition coefficient (Wildman–Crippen LogP) is 1.69. The van der Waals surface area contributed by atoms with Crippen LogP contribution < -0.4 is 0 Å². The van der Waals surface area contributed by atoms with Crippen LogP contribution in [0, 0.1) is 5.92 Å². The van der Waals surface area contributed by atoms with Gasteiger partial charge in [-0.25, -0.2) is 0 Å². The van der Waals surface area contributed by atoms with Gasteiger partial charge in [-0.05, 0) is 6.92 Å². The SMILES string of the molecule is C/C=N\N=C(/OC)C(C)C. The Hall–Kier alpha value is -0.860. The maximum atomic E-state index is 4.95. The van der Waals surface area contributed by atoms with E-state index in [0.717, 1.165) is 0 Å². The zero-order valence-corrected chi connectivity index (χ0v) is 6.96. The van der Waals surface area contributed by atoms with E-state index in [1.165, 1.54) is 0 Å². The molecular formula is C7H14N2O. The van der Waals surface area contributed by atoms with Gasteiger partial charge in [-0.15, -0.1) is 5.10 Å². The van der Waals surface area contributed by atoms with Crippen molar-refractivity contribution in [3.63, 3.8) is 0 Å². The van der Waals surface area contributed by atoms with E-state index in [2.05, 4.69) is 10.2 Å². The summed E-state index contributed by atoms with van der Waals surface area (Å²) in [6, 6.07) is 0. The van der Waals surface area contributed by atoms with Crippen molar-refractivity contribution in [1.29, 1.82) is 0 Å². The molecule has 58 valence electrons. The zero-order valence-electron chi connectivity index (χ0n) is 6.96. The molecule has 0 radical (unpaired) electrons. The largest absolute Gasteiger partial charge is 0.483 e. The summed E-state index contributed by atoms with van der Waals surface area (Å²) >= 11 is 0. The molecule has 10 heavy (non-hydrogen) atoms. The molecule has 3 heteroatoms. The van der Waals surface area contributed by atoms with Gasteiger partial charge in [0.25, 0.3) is 0 Å². The number of rotatable bonds is 2. The molecule has 0 aliphatic carbocycles. The topological polar surface area (TPSA) is 34.0 Å². The quantitative estimate of drug-likeness (QED) is 0.328. The molecule has 0 saturated carbocycles. The normalized spacial score (nSPS) is 13.1. The van der Waals surface area contributed by atoms with E-state index in [1.807, 2.05) is 20.8 Å². The Bertz CT molecular complexity index is 139. The van der Waals surface area contributed by atoms with Crippen LogP contribution in [-0.2, 0) is 4.74 Å². The highest BCUT2D eigenvalue weighted by molar-refractivity contribution is 5.78. The first-order valence-corrected chi connectivity index (χ1v) is 3.31. The minimum atomic E-state index is 0.300. The second kappa shape index (κ2) is 4.97. The van der Waals surface area contributed by atoms with E-state index in [-0.39, 0.29) is 0 Å². The number of hydrogen-bond donors (Lipinski definition) is 0. The van der Waals surface area contributed by atoms with Gasteiger partial charge in [0.05, 0.1) is 7.11 Å². The number of methoxy groups -OCH3 is 1. The smallest absolute Gasteiger partial charge is 0.210 e. The van der Waals surface area contributed by atoms with E-state index in [0.29, 0.717) is 11.8 Å². The fourth-order valence-electron chi connectivity index (χ4n) is 0.507. The van der Waals surface area contributed by atoms with Gasteiger partial charge in [0.2, 0.25) is 5.90 Å². The lowest BCUT2D eigenvalue weighted by Gasteiger charge is -2.04. The van der Waals surface area contributed by atoms with Crippen LogP contribution in [0.5, 0.6) is 0 Å². The average molecular weight is 142 g/mol. The molecule has 0 aliphatic rings. The maximum absolute atomic E-state index is 4.95. The van der Waals surface area contributed by atoms with Crippen molar-refractivity contribution in [3.05, 3.63) is 0 Å². The molecule has 0 amide bonds. The summed E-state index contributed by atoms with van der Waals surface area (Å²) in [5, 5.41) is 7.53. The van der Waals surface area contributed by atoms with Gasteiger partial charge in [0.1, 0.15) is 0 Å². The van der Waals surface area contributed by atoms with Crippen LogP contribution >= 0.6 is 0 Å². The van der Waals surface area contributed by atoms with Crippen molar-refractivity contribution < 1.29 is 4.74 Å². The molecule has 0 atom stereocenters. The van der Waals surface area contributed by atoms with E-state index in [4.69, 9.17) is 4.74 Å². The first-order chi connectivity index (χ1) is 4.72. The van der Waals surface area contributed by atoms with Gasteiger partial charge in [0.15, 0.2) is 0 Å². The Balaban J connectivity index is 4.04. The molecule has 0 rings (SSSR count). The third-order valence-electron chi connectivity index (χ3n) is 0.975. The van der Waals surface area contributed by atoms with E-state index < -0.39 is 0 Å². The van der Waals surface area contributed by atoms with Gasteiger partial charge in [-0.2, -0.15) is 5.10 Å². The zero-order chi connectivity index (χ0) is 7.98. The fourth-order valence-corrected chi connectivity index (χ4v) is 0.507. The van der Waals surface area contributed by atoms with Crippen molar-refractivity contribution in [1.82, 2.24) is 0 Å². The Morgan fingerprint density at radius 2 is 2.10 bits per heavy atom. The summed E-state index contributed by atoms with van der Waals surface area (Å²) in [6.45, 7) is 5.83. The van der Waals surface area contributed by atoms with Crippen LogP contribution in [0.3, 0.4) is 0 Å². The lowest BCUT2D eigenvalue weighted by molar-refractivity contribution is 0.373. The molecule has 3 nitrogen and oxygen atoms in total. The minimum Gasteiger partial charge on any atom is -0.483 e. The molecule has 0 fully saturated rings. The summed E-state index contributed by atoms with van der Waals surface area (Å²) in [4.78, 5) is 0. The van der Waals surface area contributed by atoms with Crippen molar-refractivity contribution in [2.24, 2.45) is 16.1 Å². The first kappa shape index (κ1) is 9.14. The first-order valence-electron chi connectivity index (χ1n) is 3.31. The van der Waals surface area contributed by atoms with Crippen molar-refractivity contribution in [2.45, 2.75) is 20.8 Å². The van der Waals surface area contributed by atoms with Crippen molar-refractivity contribution >= 4 is 12.1 Å². The van der Waals surface area contributed by atoms with Crippen LogP contribution in [0.4, 0.5) is 0 Å². The van der Waals surface area contributed by atoms with E-state index >= 15 is 0 Å². The van der Waals surface area contributed by atoms with Gasteiger partial charge in [0, 0.05) is 12.1 Å². The Labute approximate surface area is 61.8 Å². The van der Waals surface area contributed by atoms with Gasteiger partial charge < -0.3 is 4.74 Å². The van der Waals surface area contributed by atoms with Crippen LogP contribution in [0.1, 0.15) is 20.8 Å². The predicted molar refractivity (Wildman–Crippen MR) is 43.4 cm³/mol. The second-order valence-corrected chi connectivity index (χ2v) is 2.17. The highest BCUT2D eigenvalue weighted by Crippen LogP contribution is 1.97. The molecule has 0 heterocycles. The highest BCUT2D eigenvalue weighted by atomic mass is 16.5. The molecule has 0 aromatic carbocycles. The van der Waals surface area contributed by atoms with Gasteiger partial charge in [-0.3, -0.25) is 0 Å². The molecule has 0 unspecified atom stereocenters. The lowest BCUT2D eigenvalue weighted by Crippen LogP contribution is -2.08. The average Bonchev–Trinajstić information content (AvgIpc) is 1.89. The standard InChI is InChI=1S/C7H14N2O/c1-5-8-9-7(10-4)6(2)3/h5-6H,1-4H3/b8-5-,9-7-. The van der Waals surface area contributed by atoms with Crippen molar-refractivity contribution in [3.8, 4) is 0 Å². The molecule has 0 saturated heterocycles. The molecular weight excluding hydrogens is 128 g/mol. The van der Waals surface area contributed by atoms with Crippen LogP contribution in [0.15, 0.2) is 10.2 Å². The third kappa shape index (κ3) is 3.22. The van der Waals surface area contributed by atoms with E-state index in [1.54, 1.807) is 13.3 Å². The second-order valence-electron chi connectivity index (χ2n) is 2.17. The maximum Gasteiger partial charge on any atom is 0.210 e. The molecule has 0 aromatic heterocycles. The van der Waals surface area contributed by atoms with Gasteiger partial charge >= 0.3 is 0 Å². The number of ether oxygens (including phenoxy) is 1. The molecule has 0 spiro atoms. The summed E-state index contributed by atoms with van der Waals surface area (Å²) in [7, 11) is 1.60. The van der Waals surface area contributed by atoms with Gasteiger partial charge in [-0.1, -0.05) is 13.8 Å². The summed E-state index contributed by atoms with van der Waals surface area (Å²) < 4.78 is 4.95. The van der Waals surface area contributed by atoms with Crippen LogP contribution in [-0.4, -0.2) is 19.2 Å². The Morgan fingerprint density at radius 1 is 1.50 bits per heavy atom. The highest BCUT2D eigenvalue weighted by Gasteiger charge is 2.02. The summed E-state index contributed by atoms with van der Waals surface area (Å²) in [6.07, 6.45) is 1.63. The lowest BCUT2D eigenvalue weighted by atomic mass is 10.2. The van der Waals surface area contributed by atoms with Crippen molar-refractivity contribution in [2.75, 3.05) is 7.11 Å². The molecule has 0 aromatic rings. The molecule has 0 bridgehead atoms. The fraction of sp³-hybridized carbons (Fsp3) is 0.714. The summed E-state index contributed by atoms with van der Waals surface area (Å²) in [5.41, 5.74) is 0. The van der Waals surface area contributed by atoms with E-state index in [9.17, 15) is 0 Å². The number of nitrogens with zero attached hydrogens (tertiary/aromatic N) is 2.